The average molecular weight is 403 g/mol. The second-order valence-corrected chi connectivity index (χ2v) is 7.84. The van der Waals surface area contributed by atoms with Crippen molar-refractivity contribution in [3.63, 3.8) is 0 Å². The molecule has 160 valence electrons. The lowest BCUT2D eigenvalue weighted by Gasteiger charge is -2.34. The van der Waals surface area contributed by atoms with Crippen molar-refractivity contribution in [3.05, 3.63) is 23.3 Å². The van der Waals surface area contributed by atoms with Crippen LogP contribution in [-0.2, 0) is 17.8 Å². The van der Waals surface area contributed by atoms with Crippen LogP contribution in [0, 0.1) is 5.92 Å². The van der Waals surface area contributed by atoms with Crippen molar-refractivity contribution in [1.82, 2.24) is 15.5 Å². The van der Waals surface area contributed by atoms with E-state index in [2.05, 4.69) is 39.6 Å². The lowest BCUT2D eigenvalue weighted by Crippen LogP contribution is -2.45. The third-order valence-electron chi connectivity index (χ3n) is 5.69. The van der Waals surface area contributed by atoms with Gasteiger partial charge in [0.05, 0.1) is 6.61 Å². The van der Waals surface area contributed by atoms with E-state index in [1.165, 1.54) is 5.56 Å². The van der Waals surface area contributed by atoms with E-state index >= 15 is 0 Å². The minimum Gasteiger partial charge on any atom is -0.494 e. The second kappa shape index (κ2) is 9.85. The Labute approximate surface area is 173 Å². The largest absolute Gasteiger partial charge is 0.494 e. The minimum absolute atomic E-state index is 0.127. The zero-order valence-electron chi connectivity index (χ0n) is 18.1. The van der Waals surface area contributed by atoms with E-state index in [1.807, 2.05) is 14.0 Å². The van der Waals surface area contributed by atoms with Crippen molar-refractivity contribution >= 4 is 11.9 Å². The molecule has 1 saturated heterocycles. The third kappa shape index (κ3) is 5.34. The highest BCUT2D eigenvalue weighted by atomic mass is 16.5. The number of fused-ring (bicyclic) bond motifs is 1. The summed E-state index contributed by atoms with van der Waals surface area (Å²) >= 11 is 0. The van der Waals surface area contributed by atoms with Gasteiger partial charge >= 0.3 is 0 Å². The Hall–Kier alpha value is -2.44. The molecule has 1 unspecified atom stereocenters. The Balaban J connectivity index is 1.60. The van der Waals surface area contributed by atoms with Gasteiger partial charge in [-0.1, -0.05) is 0 Å². The first kappa shape index (κ1) is 21.3. The van der Waals surface area contributed by atoms with Gasteiger partial charge in [-0.25, -0.2) is 0 Å². The second-order valence-electron chi connectivity index (χ2n) is 7.84. The molecular formula is C22H34N4O3. The number of hydrogen-bond acceptors (Lipinski definition) is 4. The summed E-state index contributed by atoms with van der Waals surface area (Å²) in [6, 6.07) is 4.21. The Kier molecular flexibility index (Phi) is 7.23. The summed E-state index contributed by atoms with van der Waals surface area (Å²) in [7, 11) is 3.51. The van der Waals surface area contributed by atoms with Gasteiger partial charge in [-0.15, -0.1) is 0 Å². The molecule has 3 rings (SSSR count). The number of benzene rings is 1. The van der Waals surface area contributed by atoms with Crippen LogP contribution in [0.15, 0.2) is 17.1 Å². The van der Waals surface area contributed by atoms with Gasteiger partial charge in [-0.2, -0.15) is 0 Å². The molecule has 2 N–H and O–H groups in total. The first-order chi connectivity index (χ1) is 14.0. The number of nitrogens with one attached hydrogen (secondary N) is 2. The molecule has 0 bridgehead atoms. The number of hydrogen-bond donors (Lipinski definition) is 2. The van der Waals surface area contributed by atoms with Crippen LogP contribution < -0.4 is 20.1 Å². The van der Waals surface area contributed by atoms with Gasteiger partial charge in [0, 0.05) is 57.7 Å². The molecule has 7 heteroatoms. The molecule has 2 aliphatic rings. The summed E-state index contributed by atoms with van der Waals surface area (Å²) in [6.45, 7) is 7.18. The van der Waals surface area contributed by atoms with Gasteiger partial charge in [-0.3, -0.25) is 9.79 Å². The van der Waals surface area contributed by atoms with E-state index in [0.717, 1.165) is 55.4 Å². The number of nitrogens with zero attached hydrogens (tertiary/aromatic N) is 2. The smallest absolute Gasteiger partial charge is 0.220 e. The fourth-order valence-electron chi connectivity index (χ4n) is 4.13. The van der Waals surface area contributed by atoms with Gasteiger partial charge in [-0.05, 0) is 44.7 Å². The van der Waals surface area contributed by atoms with Gasteiger partial charge in [0.25, 0.3) is 0 Å². The monoisotopic (exact) mass is 402 g/mol. The van der Waals surface area contributed by atoms with Crippen LogP contribution in [0.25, 0.3) is 0 Å². The SMILES string of the molecule is CCOc1cc2c(cc1CNC(=NC)N1CCC(CC(=O)NC)CC1)OC(C)C2. The molecule has 0 aliphatic carbocycles. The number of amides is 1. The van der Waals surface area contributed by atoms with Crippen LogP contribution in [-0.4, -0.2) is 56.7 Å². The normalized spacial score (nSPS) is 19.5. The Morgan fingerprint density at radius 3 is 2.76 bits per heavy atom. The first-order valence-corrected chi connectivity index (χ1v) is 10.6. The number of carbonyl (C=O) groups is 1. The van der Waals surface area contributed by atoms with Gasteiger partial charge < -0.3 is 25.0 Å². The fourth-order valence-corrected chi connectivity index (χ4v) is 4.13. The van der Waals surface area contributed by atoms with Crippen molar-refractivity contribution in [2.75, 3.05) is 33.8 Å². The number of rotatable bonds is 6. The topological polar surface area (TPSA) is 75.2 Å². The van der Waals surface area contributed by atoms with Crippen LogP contribution in [0.3, 0.4) is 0 Å². The van der Waals surface area contributed by atoms with Crippen molar-refractivity contribution in [2.24, 2.45) is 10.9 Å². The predicted octanol–water partition coefficient (Wildman–Crippen LogP) is 2.33. The van der Waals surface area contributed by atoms with Gasteiger partial charge in [0.15, 0.2) is 5.96 Å². The summed E-state index contributed by atoms with van der Waals surface area (Å²) in [6.07, 6.45) is 3.76. The highest BCUT2D eigenvalue weighted by Crippen LogP contribution is 2.35. The maximum atomic E-state index is 11.6. The quantitative estimate of drug-likeness (QED) is 0.564. The van der Waals surface area contributed by atoms with E-state index in [0.29, 0.717) is 25.5 Å². The molecule has 29 heavy (non-hydrogen) atoms. The highest BCUT2D eigenvalue weighted by molar-refractivity contribution is 5.80. The Morgan fingerprint density at radius 1 is 1.34 bits per heavy atom. The van der Waals surface area contributed by atoms with E-state index in [1.54, 1.807) is 7.05 Å². The maximum absolute atomic E-state index is 11.6. The molecule has 1 fully saturated rings. The summed E-state index contributed by atoms with van der Waals surface area (Å²) < 4.78 is 11.8. The van der Waals surface area contributed by atoms with Crippen LogP contribution in [0.1, 0.15) is 44.2 Å². The molecule has 7 nitrogen and oxygen atoms in total. The molecule has 0 radical (unpaired) electrons. The molecule has 1 aromatic carbocycles. The van der Waals surface area contributed by atoms with Crippen molar-refractivity contribution in [2.45, 2.75) is 52.2 Å². The minimum atomic E-state index is 0.127. The van der Waals surface area contributed by atoms with Crippen LogP contribution >= 0.6 is 0 Å². The summed E-state index contributed by atoms with van der Waals surface area (Å²) in [5, 5.41) is 6.21. The fraction of sp³-hybridized carbons (Fsp3) is 0.636. The average Bonchev–Trinajstić information content (AvgIpc) is 3.08. The molecule has 1 atom stereocenters. The number of guanidine groups is 1. The zero-order chi connectivity index (χ0) is 20.8. The molecule has 0 spiro atoms. The Bertz CT molecular complexity index is 742. The number of carbonyl (C=O) groups excluding carboxylic acids is 1. The van der Waals surface area contributed by atoms with Crippen LogP contribution in [0.2, 0.25) is 0 Å². The number of aliphatic imine (C=N–C) groups is 1. The maximum Gasteiger partial charge on any atom is 0.220 e. The predicted molar refractivity (Wildman–Crippen MR) is 115 cm³/mol. The molecular weight excluding hydrogens is 368 g/mol. The number of piperidine rings is 1. The van der Waals surface area contributed by atoms with E-state index in [4.69, 9.17) is 9.47 Å². The van der Waals surface area contributed by atoms with E-state index in [9.17, 15) is 4.79 Å². The first-order valence-electron chi connectivity index (χ1n) is 10.6. The van der Waals surface area contributed by atoms with Crippen molar-refractivity contribution in [3.8, 4) is 11.5 Å². The summed E-state index contributed by atoms with van der Waals surface area (Å²) in [5.41, 5.74) is 2.29. The molecule has 0 saturated carbocycles. The lowest BCUT2D eigenvalue weighted by molar-refractivity contribution is -0.121. The summed E-state index contributed by atoms with van der Waals surface area (Å²) in [4.78, 5) is 18.4. The van der Waals surface area contributed by atoms with Crippen LogP contribution in [0.4, 0.5) is 0 Å². The number of likely N-dealkylation sites (tertiary alicyclic amines) is 1. The van der Waals surface area contributed by atoms with E-state index in [-0.39, 0.29) is 12.0 Å². The van der Waals surface area contributed by atoms with Crippen LogP contribution in [0.5, 0.6) is 11.5 Å². The lowest BCUT2D eigenvalue weighted by atomic mass is 9.93. The summed E-state index contributed by atoms with van der Waals surface area (Å²) in [5.74, 6) is 3.34. The van der Waals surface area contributed by atoms with Crippen molar-refractivity contribution in [1.29, 1.82) is 0 Å². The van der Waals surface area contributed by atoms with Gasteiger partial charge in [0.2, 0.25) is 5.91 Å². The molecule has 2 aliphatic heterocycles. The van der Waals surface area contributed by atoms with E-state index < -0.39 is 0 Å². The molecule has 1 amide bonds. The van der Waals surface area contributed by atoms with Crippen molar-refractivity contribution < 1.29 is 14.3 Å². The molecule has 2 heterocycles. The standard InChI is InChI=1S/C22H34N4O3/c1-5-28-19-12-17-10-15(2)29-20(17)13-18(19)14-25-22(24-4)26-8-6-16(7-9-26)11-21(27)23-3/h12-13,15-16H,5-11,14H2,1-4H3,(H,23,27)(H,24,25). The van der Waals surface area contributed by atoms with Gasteiger partial charge in [0.1, 0.15) is 17.6 Å². The highest BCUT2D eigenvalue weighted by Gasteiger charge is 2.24. The third-order valence-corrected chi connectivity index (χ3v) is 5.69. The molecule has 1 aromatic rings. The Morgan fingerprint density at radius 2 is 2.10 bits per heavy atom. The molecule has 0 aromatic heterocycles. The zero-order valence-corrected chi connectivity index (χ0v) is 18.1. The number of ether oxygens (including phenoxy) is 2.